The van der Waals surface area contributed by atoms with Gasteiger partial charge < -0.3 is 4.74 Å². The number of fused-ring (bicyclic) bond motifs is 1. The molecular weight excluding hydrogens is 337 g/mol. The van der Waals surface area contributed by atoms with Crippen LogP contribution in [0, 0.1) is 23.6 Å². The Bertz CT molecular complexity index is 613. The van der Waals surface area contributed by atoms with Gasteiger partial charge in [0.05, 0.1) is 0 Å². The van der Waals surface area contributed by atoms with Crippen LogP contribution in [0.3, 0.4) is 0 Å². The Morgan fingerprint density at radius 2 is 1.88 bits per heavy atom. The summed E-state index contributed by atoms with van der Waals surface area (Å²) in [6.45, 7) is -0.787. The molecule has 0 saturated heterocycles. The van der Waals surface area contributed by atoms with Crippen LogP contribution in [0.2, 0.25) is 0 Å². The Labute approximate surface area is 154 Å². The lowest BCUT2D eigenvalue weighted by atomic mass is 9.64. The Kier molecular flexibility index (Phi) is 6.66. The number of benzene rings is 1. The highest BCUT2D eigenvalue weighted by molar-refractivity contribution is 5.31. The minimum atomic E-state index is -2.99. The number of allylic oxidation sites excluding steroid dienone is 2. The van der Waals surface area contributed by atoms with Crippen molar-refractivity contribution in [2.24, 2.45) is 17.8 Å². The molecule has 1 unspecified atom stereocenters. The third-order valence-electron chi connectivity index (χ3n) is 6.16. The van der Waals surface area contributed by atoms with Crippen LogP contribution in [0.15, 0.2) is 30.4 Å². The summed E-state index contributed by atoms with van der Waals surface area (Å²) in [5.74, 6) is 1.50. The van der Waals surface area contributed by atoms with Gasteiger partial charge in [0.1, 0.15) is 0 Å². The van der Waals surface area contributed by atoms with Crippen LogP contribution >= 0.6 is 0 Å². The lowest BCUT2D eigenvalue weighted by Crippen LogP contribution is -2.30. The smallest absolute Gasteiger partial charge is 0.387 e. The number of hydrogen-bond acceptors (Lipinski definition) is 1. The third kappa shape index (κ3) is 4.83. The molecule has 2 saturated carbocycles. The molecule has 0 aromatic heterocycles. The summed E-state index contributed by atoms with van der Waals surface area (Å²) in [6.07, 6.45) is 14.2. The summed E-state index contributed by atoms with van der Waals surface area (Å²) in [5.41, 5.74) is 0.924. The largest absolute Gasteiger partial charge is 0.432 e. The molecule has 4 atom stereocenters. The molecule has 0 aliphatic heterocycles. The van der Waals surface area contributed by atoms with Crippen LogP contribution in [0.1, 0.15) is 69.8 Å². The van der Waals surface area contributed by atoms with Gasteiger partial charge in [-0.25, -0.2) is 4.39 Å². The predicted molar refractivity (Wildman–Crippen MR) is 98.0 cm³/mol. The summed E-state index contributed by atoms with van der Waals surface area (Å²) in [5, 5.41) is 0. The number of rotatable bonds is 6. The maximum absolute atomic E-state index is 14.0. The number of halogens is 3. The molecule has 2 fully saturated rings. The van der Waals surface area contributed by atoms with E-state index in [2.05, 4.69) is 23.8 Å². The number of ether oxygens (including phenoxy) is 1. The Morgan fingerprint density at radius 3 is 2.62 bits per heavy atom. The quantitative estimate of drug-likeness (QED) is 0.489. The third-order valence-corrected chi connectivity index (χ3v) is 6.16. The van der Waals surface area contributed by atoms with Crippen molar-refractivity contribution in [3.63, 3.8) is 0 Å². The van der Waals surface area contributed by atoms with Crippen molar-refractivity contribution < 1.29 is 17.9 Å². The van der Waals surface area contributed by atoms with Crippen molar-refractivity contribution in [3.05, 3.63) is 41.7 Å². The molecule has 0 radical (unpaired) electrons. The second-order valence-electron chi connectivity index (χ2n) is 7.89. The van der Waals surface area contributed by atoms with Gasteiger partial charge in [-0.1, -0.05) is 31.6 Å². The zero-order valence-electron chi connectivity index (χ0n) is 15.5. The molecule has 1 aromatic rings. The van der Waals surface area contributed by atoms with Gasteiger partial charge in [0.2, 0.25) is 0 Å². The van der Waals surface area contributed by atoms with Crippen LogP contribution in [0.25, 0.3) is 0 Å². The molecule has 0 bridgehead atoms. The minimum Gasteiger partial charge on any atom is -0.432 e. The Balaban J connectivity index is 1.58. The maximum atomic E-state index is 14.0. The van der Waals surface area contributed by atoms with Crippen LogP contribution in [-0.2, 0) is 0 Å². The van der Waals surface area contributed by atoms with Crippen molar-refractivity contribution in [3.8, 4) is 5.75 Å². The predicted octanol–water partition coefficient (Wildman–Crippen LogP) is 7.08. The van der Waals surface area contributed by atoms with Gasteiger partial charge in [0.15, 0.2) is 11.6 Å². The molecule has 144 valence electrons. The fourth-order valence-corrected chi connectivity index (χ4v) is 4.82. The highest BCUT2D eigenvalue weighted by Crippen LogP contribution is 2.48. The van der Waals surface area contributed by atoms with Crippen molar-refractivity contribution >= 4 is 0 Å². The molecule has 2 aliphatic carbocycles. The van der Waals surface area contributed by atoms with Crippen molar-refractivity contribution in [2.45, 2.75) is 70.8 Å². The monoisotopic (exact) mass is 366 g/mol. The van der Waals surface area contributed by atoms with Gasteiger partial charge in [-0.05, 0) is 86.3 Å². The molecule has 0 N–H and O–H groups in total. The van der Waals surface area contributed by atoms with Gasteiger partial charge in [-0.3, -0.25) is 0 Å². The zero-order chi connectivity index (χ0) is 18.5. The summed E-state index contributed by atoms with van der Waals surface area (Å²) < 4.78 is 42.8. The van der Waals surface area contributed by atoms with Crippen LogP contribution < -0.4 is 4.74 Å². The first-order valence-electron chi connectivity index (χ1n) is 9.97. The highest BCUT2D eigenvalue weighted by Gasteiger charge is 2.35. The highest BCUT2D eigenvalue weighted by atomic mass is 19.3. The van der Waals surface area contributed by atoms with E-state index in [0.717, 1.165) is 30.2 Å². The molecule has 2 aliphatic rings. The van der Waals surface area contributed by atoms with Crippen molar-refractivity contribution in [1.29, 1.82) is 0 Å². The Hall–Kier alpha value is -1.45. The van der Waals surface area contributed by atoms with Gasteiger partial charge in [-0.15, -0.1) is 0 Å². The molecule has 26 heavy (non-hydrogen) atoms. The summed E-state index contributed by atoms with van der Waals surface area (Å²) in [6, 6.07) is 4.49. The van der Waals surface area contributed by atoms with Crippen molar-refractivity contribution in [2.75, 3.05) is 0 Å². The molecule has 1 aromatic carbocycles. The maximum Gasteiger partial charge on any atom is 0.387 e. The van der Waals surface area contributed by atoms with Gasteiger partial charge in [0.25, 0.3) is 0 Å². The summed E-state index contributed by atoms with van der Waals surface area (Å²) >= 11 is 0. The van der Waals surface area contributed by atoms with Crippen molar-refractivity contribution in [1.82, 2.24) is 0 Å². The van der Waals surface area contributed by atoms with E-state index in [1.165, 1.54) is 50.7 Å². The second kappa shape index (κ2) is 8.96. The fraction of sp³-hybridized carbons (Fsp3) is 0.636. The molecular formula is C22H29F3O. The summed E-state index contributed by atoms with van der Waals surface area (Å²) in [7, 11) is 0. The SMILES string of the molecule is CCCC=C[C@@H]1CC[C@@H]2CC(c3ccc(OC(F)F)c(F)c3)CC[C@@H]2C1. The van der Waals surface area contributed by atoms with Gasteiger partial charge >= 0.3 is 6.61 Å². The normalized spacial score (nSPS) is 29.1. The molecule has 0 amide bonds. The molecule has 0 spiro atoms. The topological polar surface area (TPSA) is 9.23 Å². The molecule has 3 rings (SSSR count). The van der Waals surface area contributed by atoms with E-state index in [9.17, 15) is 13.2 Å². The van der Waals surface area contributed by atoms with E-state index < -0.39 is 12.4 Å². The number of hydrogen-bond donors (Lipinski definition) is 0. The lowest BCUT2D eigenvalue weighted by molar-refractivity contribution is -0.0522. The van der Waals surface area contributed by atoms with Gasteiger partial charge in [-0.2, -0.15) is 8.78 Å². The Morgan fingerprint density at radius 1 is 1.12 bits per heavy atom. The first-order chi connectivity index (χ1) is 12.6. The van der Waals surface area contributed by atoms with E-state index >= 15 is 0 Å². The first kappa shape index (κ1) is 19.3. The minimum absolute atomic E-state index is 0.332. The second-order valence-corrected chi connectivity index (χ2v) is 7.89. The lowest BCUT2D eigenvalue weighted by Gasteiger charge is -2.42. The van der Waals surface area contributed by atoms with E-state index in [1.807, 2.05) is 0 Å². The van der Waals surface area contributed by atoms with Crippen LogP contribution in [0.5, 0.6) is 5.75 Å². The molecule has 4 heteroatoms. The van der Waals surface area contributed by atoms with E-state index in [1.54, 1.807) is 6.07 Å². The van der Waals surface area contributed by atoms with E-state index in [0.29, 0.717) is 11.8 Å². The standard InChI is InChI=1S/C22H29F3O/c1-2-3-4-5-15-6-7-17-13-18(9-8-16(17)12-15)19-10-11-21(20(23)14-19)26-22(24)25/h4-5,10-11,14-18,22H,2-3,6-9,12-13H2,1H3/t15-,16-,17-,18?/m1/s1. The fourth-order valence-electron chi connectivity index (χ4n) is 4.82. The number of unbranched alkanes of at least 4 members (excludes halogenated alkanes) is 1. The number of alkyl halides is 2. The molecule has 1 nitrogen and oxygen atoms in total. The van der Waals surface area contributed by atoms with Gasteiger partial charge in [0, 0.05) is 0 Å². The average Bonchev–Trinajstić information content (AvgIpc) is 2.63. The van der Waals surface area contributed by atoms with E-state index in [4.69, 9.17) is 0 Å². The first-order valence-corrected chi connectivity index (χ1v) is 9.97. The van der Waals surface area contributed by atoms with E-state index in [-0.39, 0.29) is 5.75 Å². The average molecular weight is 366 g/mol. The van der Waals surface area contributed by atoms with Crippen LogP contribution in [0.4, 0.5) is 13.2 Å². The van der Waals surface area contributed by atoms with Crippen LogP contribution in [-0.4, -0.2) is 6.61 Å². The molecule has 0 heterocycles. The summed E-state index contributed by atoms with van der Waals surface area (Å²) in [4.78, 5) is 0. The zero-order valence-corrected chi connectivity index (χ0v) is 15.5.